The van der Waals surface area contributed by atoms with Gasteiger partial charge in [-0.15, -0.1) is 0 Å². The van der Waals surface area contributed by atoms with Crippen LogP contribution in [0.2, 0.25) is 0 Å². The highest BCUT2D eigenvalue weighted by atomic mass is 16.5. The maximum atomic E-state index is 10.8. The number of anilines is 1. The first-order valence-corrected chi connectivity index (χ1v) is 6.97. The molecule has 0 aliphatic carbocycles. The molecule has 20 heavy (non-hydrogen) atoms. The molecule has 110 valence electrons. The van der Waals surface area contributed by atoms with E-state index in [2.05, 4.69) is 18.7 Å². The van der Waals surface area contributed by atoms with Crippen LogP contribution in [0.15, 0.2) is 18.2 Å². The van der Waals surface area contributed by atoms with Gasteiger partial charge in [-0.2, -0.15) is 0 Å². The van der Waals surface area contributed by atoms with Crippen molar-refractivity contribution in [2.75, 3.05) is 18.0 Å². The standard InChI is InChI=1S/C15H22N2O3/c1-10(2)14-9-17(6-5-15(18)19)12-4-3-11(8-16)7-13(12)20-14/h3-4,7,10,14H,5-6,8-9,16H2,1-2H3,(H,18,19). The summed E-state index contributed by atoms with van der Waals surface area (Å²) in [4.78, 5) is 12.9. The average molecular weight is 278 g/mol. The zero-order chi connectivity index (χ0) is 14.7. The second kappa shape index (κ2) is 6.13. The third kappa shape index (κ3) is 3.22. The van der Waals surface area contributed by atoms with E-state index in [0.717, 1.165) is 23.5 Å². The van der Waals surface area contributed by atoms with Crippen LogP contribution in [-0.4, -0.2) is 30.3 Å². The molecular formula is C15H22N2O3. The number of nitrogens with zero attached hydrogens (tertiary/aromatic N) is 1. The number of aliphatic carboxylic acids is 1. The van der Waals surface area contributed by atoms with Crippen molar-refractivity contribution in [3.63, 3.8) is 0 Å². The van der Waals surface area contributed by atoms with E-state index >= 15 is 0 Å². The summed E-state index contributed by atoms with van der Waals surface area (Å²) in [6, 6.07) is 5.89. The molecule has 5 heteroatoms. The number of carbonyl (C=O) groups is 1. The molecule has 1 aromatic carbocycles. The topological polar surface area (TPSA) is 75.8 Å². The molecule has 2 rings (SSSR count). The molecule has 1 unspecified atom stereocenters. The van der Waals surface area contributed by atoms with Gasteiger partial charge in [-0.3, -0.25) is 4.79 Å². The molecule has 1 aliphatic rings. The summed E-state index contributed by atoms with van der Waals surface area (Å²) >= 11 is 0. The highest BCUT2D eigenvalue weighted by molar-refractivity contribution is 5.68. The number of ether oxygens (including phenoxy) is 1. The van der Waals surface area contributed by atoms with Crippen molar-refractivity contribution in [1.29, 1.82) is 0 Å². The lowest BCUT2D eigenvalue weighted by Crippen LogP contribution is -2.43. The molecule has 5 nitrogen and oxygen atoms in total. The van der Waals surface area contributed by atoms with Crippen LogP contribution in [0.4, 0.5) is 5.69 Å². The highest BCUT2D eigenvalue weighted by Gasteiger charge is 2.28. The normalized spacial score (nSPS) is 17.8. The molecule has 0 aromatic heterocycles. The Bertz CT molecular complexity index is 488. The Kier molecular flexibility index (Phi) is 4.49. The lowest BCUT2D eigenvalue weighted by Gasteiger charge is -2.38. The van der Waals surface area contributed by atoms with Crippen molar-refractivity contribution in [2.24, 2.45) is 11.7 Å². The highest BCUT2D eigenvalue weighted by Crippen LogP contribution is 2.35. The molecule has 0 saturated carbocycles. The van der Waals surface area contributed by atoms with E-state index < -0.39 is 5.97 Å². The number of carboxylic acid groups (broad SMARTS) is 1. The number of fused-ring (bicyclic) bond motifs is 1. The molecule has 0 radical (unpaired) electrons. The van der Waals surface area contributed by atoms with Crippen molar-refractivity contribution < 1.29 is 14.6 Å². The summed E-state index contributed by atoms with van der Waals surface area (Å²) in [5, 5.41) is 8.87. The van der Waals surface area contributed by atoms with Crippen LogP contribution in [0.25, 0.3) is 0 Å². The summed E-state index contributed by atoms with van der Waals surface area (Å²) < 4.78 is 6.03. The second-order valence-corrected chi connectivity index (χ2v) is 5.50. The van der Waals surface area contributed by atoms with Crippen LogP contribution in [0, 0.1) is 5.92 Å². The predicted molar refractivity (Wildman–Crippen MR) is 78.1 cm³/mol. The van der Waals surface area contributed by atoms with Crippen LogP contribution in [0.5, 0.6) is 5.75 Å². The Morgan fingerprint density at radius 3 is 2.90 bits per heavy atom. The van der Waals surface area contributed by atoms with Gasteiger partial charge in [0.15, 0.2) is 0 Å². The van der Waals surface area contributed by atoms with Crippen molar-refractivity contribution in [3.05, 3.63) is 23.8 Å². The second-order valence-electron chi connectivity index (χ2n) is 5.50. The predicted octanol–water partition coefficient (Wildman–Crippen LogP) is 1.84. The zero-order valence-electron chi connectivity index (χ0n) is 12.0. The maximum Gasteiger partial charge on any atom is 0.305 e. The molecule has 0 bridgehead atoms. The molecule has 0 fully saturated rings. The third-order valence-electron chi connectivity index (χ3n) is 3.62. The fourth-order valence-electron chi connectivity index (χ4n) is 2.35. The Morgan fingerprint density at radius 2 is 2.30 bits per heavy atom. The van der Waals surface area contributed by atoms with E-state index in [1.807, 2.05) is 18.2 Å². The van der Waals surface area contributed by atoms with Gasteiger partial charge >= 0.3 is 5.97 Å². The average Bonchev–Trinajstić information content (AvgIpc) is 2.43. The van der Waals surface area contributed by atoms with Gasteiger partial charge in [0.25, 0.3) is 0 Å². The van der Waals surface area contributed by atoms with E-state index in [1.165, 1.54) is 0 Å². The Hall–Kier alpha value is -1.75. The first kappa shape index (κ1) is 14.7. The Labute approximate surface area is 119 Å². The van der Waals surface area contributed by atoms with Gasteiger partial charge in [0.1, 0.15) is 11.9 Å². The number of hydrogen-bond acceptors (Lipinski definition) is 4. The van der Waals surface area contributed by atoms with Crippen molar-refractivity contribution in [3.8, 4) is 5.75 Å². The van der Waals surface area contributed by atoms with Gasteiger partial charge in [0, 0.05) is 13.1 Å². The van der Waals surface area contributed by atoms with Gasteiger partial charge in [-0.25, -0.2) is 0 Å². The molecule has 1 heterocycles. The van der Waals surface area contributed by atoms with E-state index in [4.69, 9.17) is 15.6 Å². The van der Waals surface area contributed by atoms with Crippen LogP contribution < -0.4 is 15.4 Å². The van der Waals surface area contributed by atoms with Crippen LogP contribution in [-0.2, 0) is 11.3 Å². The van der Waals surface area contributed by atoms with E-state index in [9.17, 15) is 4.79 Å². The summed E-state index contributed by atoms with van der Waals surface area (Å²) in [6.45, 7) is 5.91. The molecule has 3 N–H and O–H groups in total. The molecule has 0 saturated heterocycles. The number of nitrogens with two attached hydrogens (primary N) is 1. The minimum Gasteiger partial charge on any atom is -0.486 e. The largest absolute Gasteiger partial charge is 0.486 e. The van der Waals surface area contributed by atoms with Gasteiger partial charge < -0.3 is 20.5 Å². The van der Waals surface area contributed by atoms with E-state index in [1.54, 1.807) is 0 Å². The monoisotopic (exact) mass is 278 g/mol. The maximum absolute atomic E-state index is 10.8. The summed E-state index contributed by atoms with van der Waals surface area (Å²) in [6.07, 6.45) is 0.201. The van der Waals surface area contributed by atoms with Crippen LogP contribution in [0.3, 0.4) is 0 Å². The summed E-state index contributed by atoms with van der Waals surface area (Å²) in [7, 11) is 0. The summed E-state index contributed by atoms with van der Waals surface area (Å²) in [5.41, 5.74) is 7.64. The number of carboxylic acids is 1. The van der Waals surface area contributed by atoms with E-state index in [-0.39, 0.29) is 12.5 Å². The number of hydrogen-bond donors (Lipinski definition) is 2. The molecule has 0 amide bonds. The smallest absolute Gasteiger partial charge is 0.305 e. The minimum atomic E-state index is -0.780. The zero-order valence-corrected chi connectivity index (χ0v) is 12.0. The Morgan fingerprint density at radius 1 is 1.55 bits per heavy atom. The van der Waals surface area contributed by atoms with Gasteiger partial charge in [-0.05, 0) is 23.6 Å². The first-order chi connectivity index (χ1) is 9.51. The number of benzene rings is 1. The molecule has 1 aromatic rings. The van der Waals surface area contributed by atoms with Crippen molar-refractivity contribution in [1.82, 2.24) is 0 Å². The van der Waals surface area contributed by atoms with Gasteiger partial charge in [0.2, 0.25) is 0 Å². The quantitative estimate of drug-likeness (QED) is 0.859. The lowest BCUT2D eigenvalue weighted by molar-refractivity contribution is -0.136. The fraction of sp³-hybridized carbons (Fsp3) is 0.533. The lowest BCUT2D eigenvalue weighted by atomic mass is 10.0. The van der Waals surface area contributed by atoms with Crippen LogP contribution in [0.1, 0.15) is 25.8 Å². The number of rotatable bonds is 5. The first-order valence-electron chi connectivity index (χ1n) is 6.97. The molecule has 1 aliphatic heterocycles. The minimum absolute atomic E-state index is 0.0734. The van der Waals surface area contributed by atoms with Gasteiger partial charge in [0.05, 0.1) is 18.7 Å². The fourth-order valence-corrected chi connectivity index (χ4v) is 2.35. The SMILES string of the molecule is CC(C)C1CN(CCC(=O)O)c2ccc(CN)cc2O1. The van der Waals surface area contributed by atoms with Crippen molar-refractivity contribution >= 4 is 11.7 Å². The Balaban J connectivity index is 2.26. The molecule has 0 spiro atoms. The molecular weight excluding hydrogens is 256 g/mol. The molecule has 1 atom stereocenters. The van der Waals surface area contributed by atoms with Gasteiger partial charge in [-0.1, -0.05) is 19.9 Å². The van der Waals surface area contributed by atoms with E-state index in [0.29, 0.717) is 19.0 Å². The third-order valence-corrected chi connectivity index (χ3v) is 3.62. The van der Waals surface area contributed by atoms with Crippen molar-refractivity contribution in [2.45, 2.75) is 32.9 Å². The van der Waals surface area contributed by atoms with Crippen LogP contribution >= 0.6 is 0 Å². The summed E-state index contributed by atoms with van der Waals surface area (Å²) in [5.74, 6) is 0.401.